The van der Waals surface area contributed by atoms with Crippen LogP contribution in [-0.4, -0.2) is 26.2 Å². The monoisotopic (exact) mass is 345 g/mol. The van der Waals surface area contributed by atoms with Crippen LogP contribution < -0.4 is 10.1 Å². The first kappa shape index (κ1) is 16.1. The lowest BCUT2D eigenvalue weighted by Gasteiger charge is -2.09. The zero-order valence-electron chi connectivity index (χ0n) is 14.7. The van der Waals surface area contributed by atoms with Crippen molar-refractivity contribution in [3.63, 3.8) is 0 Å². The quantitative estimate of drug-likeness (QED) is 0.586. The number of hydrogen-bond donors (Lipinski definition) is 1. The fourth-order valence-corrected chi connectivity index (χ4v) is 2.73. The molecule has 1 N–H and O–H groups in total. The van der Waals surface area contributed by atoms with Crippen LogP contribution in [0.4, 0.5) is 11.5 Å². The number of nitrogens with one attached hydrogen (secondary N) is 1. The van der Waals surface area contributed by atoms with Gasteiger partial charge in [0.2, 0.25) is 0 Å². The molecule has 0 bridgehead atoms. The molecule has 130 valence electrons. The van der Waals surface area contributed by atoms with Gasteiger partial charge in [-0.05, 0) is 38.1 Å². The van der Waals surface area contributed by atoms with Crippen LogP contribution in [0.2, 0.25) is 0 Å². The largest absolute Gasteiger partial charge is 0.494 e. The van der Waals surface area contributed by atoms with E-state index in [0.717, 1.165) is 28.5 Å². The Morgan fingerprint density at radius 3 is 2.50 bits per heavy atom. The molecule has 0 radical (unpaired) electrons. The van der Waals surface area contributed by atoms with Crippen LogP contribution in [0.5, 0.6) is 5.75 Å². The van der Waals surface area contributed by atoms with Crippen LogP contribution in [0.3, 0.4) is 0 Å². The molecule has 2 heterocycles. The van der Waals surface area contributed by atoms with Gasteiger partial charge in [-0.25, -0.2) is 4.98 Å². The maximum absolute atomic E-state index is 5.49. The van der Waals surface area contributed by atoms with Gasteiger partial charge in [0.1, 0.15) is 11.6 Å². The van der Waals surface area contributed by atoms with E-state index in [0.29, 0.717) is 18.2 Å². The third-order valence-electron chi connectivity index (χ3n) is 3.91. The van der Waals surface area contributed by atoms with Gasteiger partial charge < -0.3 is 10.1 Å². The molecule has 0 atom stereocenters. The number of anilines is 2. The topological polar surface area (TPSA) is 64.3 Å². The van der Waals surface area contributed by atoms with E-state index in [1.54, 1.807) is 4.52 Å². The van der Waals surface area contributed by atoms with Gasteiger partial charge in [0.15, 0.2) is 5.82 Å². The molecule has 4 rings (SSSR count). The highest BCUT2D eigenvalue weighted by Crippen LogP contribution is 2.22. The maximum Gasteiger partial charge on any atom is 0.254 e. The van der Waals surface area contributed by atoms with Gasteiger partial charge in [0, 0.05) is 23.0 Å². The summed E-state index contributed by atoms with van der Waals surface area (Å²) in [5.41, 5.74) is 2.78. The summed E-state index contributed by atoms with van der Waals surface area (Å²) in [6.45, 7) is 4.57. The van der Waals surface area contributed by atoms with Crippen LogP contribution in [0.15, 0.2) is 60.7 Å². The van der Waals surface area contributed by atoms with Crippen molar-refractivity contribution in [2.24, 2.45) is 0 Å². The van der Waals surface area contributed by atoms with Gasteiger partial charge in [-0.1, -0.05) is 30.3 Å². The summed E-state index contributed by atoms with van der Waals surface area (Å²) in [6, 6.07) is 19.7. The summed E-state index contributed by atoms with van der Waals surface area (Å²) in [7, 11) is 0. The molecule has 0 saturated carbocycles. The van der Waals surface area contributed by atoms with Crippen molar-refractivity contribution < 1.29 is 4.74 Å². The summed E-state index contributed by atoms with van der Waals surface area (Å²) in [4.78, 5) is 9.06. The van der Waals surface area contributed by atoms with Crippen LogP contribution in [0.25, 0.3) is 17.2 Å². The summed E-state index contributed by atoms with van der Waals surface area (Å²) in [5.74, 6) is 2.88. The highest BCUT2D eigenvalue weighted by molar-refractivity contribution is 5.62. The molecule has 0 saturated heterocycles. The van der Waals surface area contributed by atoms with Crippen molar-refractivity contribution in [2.45, 2.75) is 13.8 Å². The second kappa shape index (κ2) is 6.84. The predicted octanol–water partition coefficient (Wildman–Crippen LogP) is 4.24. The van der Waals surface area contributed by atoms with E-state index in [1.807, 2.05) is 74.5 Å². The fourth-order valence-electron chi connectivity index (χ4n) is 2.73. The number of aryl methyl sites for hydroxylation is 1. The third-order valence-corrected chi connectivity index (χ3v) is 3.91. The first-order chi connectivity index (χ1) is 12.7. The fraction of sp³-hybridized carbons (Fsp3) is 0.150. The number of ether oxygens (including phenoxy) is 1. The highest BCUT2D eigenvalue weighted by Gasteiger charge is 2.11. The molecular weight excluding hydrogens is 326 g/mol. The molecule has 26 heavy (non-hydrogen) atoms. The van der Waals surface area contributed by atoms with Gasteiger partial charge >= 0.3 is 0 Å². The number of hydrogen-bond acceptors (Lipinski definition) is 5. The zero-order valence-corrected chi connectivity index (χ0v) is 14.7. The number of fused-ring (bicyclic) bond motifs is 1. The molecule has 6 heteroatoms. The first-order valence-corrected chi connectivity index (χ1v) is 8.52. The maximum atomic E-state index is 5.49. The molecule has 2 aromatic carbocycles. The number of aromatic nitrogens is 4. The smallest absolute Gasteiger partial charge is 0.254 e. The Hall–Kier alpha value is -3.41. The molecule has 0 fully saturated rings. The van der Waals surface area contributed by atoms with Gasteiger partial charge in [-0.2, -0.15) is 9.50 Å². The van der Waals surface area contributed by atoms with Gasteiger partial charge in [-0.3, -0.25) is 0 Å². The van der Waals surface area contributed by atoms with E-state index in [1.165, 1.54) is 0 Å². The minimum atomic E-state index is 0.567. The van der Waals surface area contributed by atoms with Crippen LogP contribution in [-0.2, 0) is 0 Å². The van der Waals surface area contributed by atoms with Gasteiger partial charge in [0.25, 0.3) is 5.78 Å². The van der Waals surface area contributed by atoms with Crippen molar-refractivity contribution >= 4 is 17.3 Å². The van der Waals surface area contributed by atoms with Crippen molar-refractivity contribution in [1.29, 1.82) is 0 Å². The molecule has 2 aromatic heterocycles. The minimum Gasteiger partial charge on any atom is -0.494 e. The average molecular weight is 345 g/mol. The minimum absolute atomic E-state index is 0.567. The molecular formula is C20H19N5O. The van der Waals surface area contributed by atoms with E-state index in [9.17, 15) is 0 Å². The zero-order chi connectivity index (χ0) is 17.9. The number of nitrogens with zero attached hydrogens (tertiary/aromatic N) is 4. The Morgan fingerprint density at radius 1 is 1.00 bits per heavy atom. The number of benzene rings is 2. The van der Waals surface area contributed by atoms with Crippen LogP contribution in [0.1, 0.15) is 12.6 Å². The molecule has 0 aliphatic heterocycles. The van der Waals surface area contributed by atoms with E-state index >= 15 is 0 Å². The molecule has 0 aliphatic rings. The lowest BCUT2D eigenvalue weighted by molar-refractivity contribution is 0.340. The Balaban J connectivity index is 1.71. The summed E-state index contributed by atoms with van der Waals surface area (Å²) in [6.07, 6.45) is 0. The molecule has 0 spiro atoms. The average Bonchev–Trinajstić information content (AvgIpc) is 3.08. The molecule has 0 aliphatic carbocycles. The molecule has 4 aromatic rings. The van der Waals surface area contributed by atoms with E-state index in [4.69, 9.17) is 4.74 Å². The van der Waals surface area contributed by atoms with Crippen molar-refractivity contribution in [3.05, 3.63) is 66.4 Å². The van der Waals surface area contributed by atoms with Crippen LogP contribution >= 0.6 is 0 Å². The molecule has 0 amide bonds. The Morgan fingerprint density at radius 2 is 1.77 bits per heavy atom. The summed E-state index contributed by atoms with van der Waals surface area (Å²) < 4.78 is 7.22. The van der Waals surface area contributed by atoms with Gasteiger partial charge in [-0.15, -0.1) is 5.10 Å². The first-order valence-electron chi connectivity index (χ1n) is 8.52. The predicted molar refractivity (Wildman–Crippen MR) is 102 cm³/mol. The standard InChI is InChI=1S/C20H19N5O/c1-3-26-17-11-9-16(10-12-17)22-18-13-14(2)21-20-23-19(24-25(18)20)15-7-5-4-6-8-15/h4-13,22H,3H2,1-2H3. The van der Waals surface area contributed by atoms with Gasteiger partial charge in [0.05, 0.1) is 6.61 Å². The Bertz CT molecular complexity index is 1030. The number of rotatable bonds is 5. The molecule has 0 unspecified atom stereocenters. The van der Waals surface area contributed by atoms with Crippen molar-refractivity contribution in [3.8, 4) is 17.1 Å². The summed E-state index contributed by atoms with van der Waals surface area (Å²) in [5, 5.41) is 8.01. The van der Waals surface area contributed by atoms with Crippen molar-refractivity contribution in [1.82, 2.24) is 19.6 Å². The third kappa shape index (κ3) is 3.21. The Labute approximate surface area is 151 Å². The lowest BCUT2D eigenvalue weighted by atomic mass is 10.2. The SMILES string of the molecule is CCOc1ccc(Nc2cc(C)nc3nc(-c4ccccc4)nn23)cc1. The Kier molecular flexibility index (Phi) is 4.23. The highest BCUT2D eigenvalue weighted by atomic mass is 16.5. The van der Waals surface area contributed by atoms with E-state index in [2.05, 4.69) is 20.4 Å². The van der Waals surface area contributed by atoms with E-state index in [-0.39, 0.29) is 0 Å². The van der Waals surface area contributed by atoms with E-state index < -0.39 is 0 Å². The second-order valence-corrected chi connectivity index (χ2v) is 5.88. The van der Waals surface area contributed by atoms with Crippen LogP contribution in [0, 0.1) is 6.92 Å². The summed E-state index contributed by atoms with van der Waals surface area (Å²) >= 11 is 0. The normalized spacial score (nSPS) is 10.8. The molecule has 6 nitrogen and oxygen atoms in total. The lowest BCUT2D eigenvalue weighted by Crippen LogP contribution is -2.02. The van der Waals surface area contributed by atoms with Crippen molar-refractivity contribution in [2.75, 3.05) is 11.9 Å². The second-order valence-electron chi connectivity index (χ2n) is 5.88.